The van der Waals surface area contributed by atoms with Gasteiger partial charge in [-0.2, -0.15) is 0 Å². The molecule has 8 atom stereocenters. The molecule has 26 heteroatoms. The number of unbranched alkanes of at least 4 members (excludes halogenated alkanes) is 7. The third-order valence-electron chi connectivity index (χ3n) is 12.1. The average Bonchev–Trinajstić information content (AvgIpc) is 3.81. The Hall–Kier alpha value is -7.38. The Labute approximate surface area is 416 Å². The number of nitrogens with zero attached hydrogens (tertiary/aromatic N) is 1. The van der Waals surface area contributed by atoms with Crippen molar-refractivity contribution in [2.75, 3.05) is 13.2 Å². The molecular weight excluding hydrogens is 945 g/mol. The molecule has 2 aliphatic rings. The molecule has 17 N–H and O–H groups in total. The van der Waals surface area contributed by atoms with Gasteiger partial charge in [0.2, 0.25) is 70.9 Å². The van der Waals surface area contributed by atoms with E-state index in [-0.39, 0.29) is 38.0 Å². The van der Waals surface area contributed by atoms with Gasteiger partial charge in [-0.25, -0.2) is 0 Å². The topological polar surface area (TPSA) is 437 Å². The number of amides is 12. The maximum Gasteiger partial charge on any atom is 0.246 e. The second-order valence-electron chi connectivity index (χ2n) is 18.0. The number of aliphatic hydroxyl groups excluding tert-OH is 1. The van der Waals surface area contributed by atoms with E-state index in [1.54, 1.807) is 0 Å². The molecule has 0 spiro atoms. The standard InChI is InChI=1S/C46H70N12O14/c1-2-3-4-5-6-7-8-9-11-27-39(65)54-31(22-37(49)63)43(69)53-29(20-25-13-15-26(60)16-14-25)41(67)55-30(21-36(48)62)42(68)51-28(17-18-35(47)61)40(66)57-33(24-59)44(70)56-32(23-38(50)64)46(72)58-19-10-12-34(58)45(71)52-27/h13-16,27-34,59-60H,2-12,17-24H2,1H3,(H2,47,61)(H2,48,62)(H2,49,63)(H2,50,64)(H,51,68)(H,52,71)(H,53,69)(H,54,65)(H,55,67)(H,56,70)(H,57,66). The molecule has 1 aromatic rings. The molecule has 0 radical (unpaired) electrons. The number of aromatic hydroxyl groups is 1. The fraction of sp³-hybridized carbons (Fsp3) is 0.609. The molecule has 3 rings (SSSR count). The normalized spacial score (nSPS) is 24.2. The van der Waals surface area contributed by atoms with Crippen LogP contribution in [0.2, 0.25) is 0 Å². The van der Waals surface area contributed by atoms with Crippen molar-refractivity contribution in [3.63, 3.8) is 0 Å². The van der Waals surface area contributed by atoms with Gasteiger partial charge in [0.05, 0.1) is 25.9 Å². The summed E-state index contributed by atoms with van der Waals surface area (Å²) in [4.78, 5) is 162. The quantitative estimate of drug-likeness (QED) is 0.0519. The summed E-state index contributed by atoms with van der Waals surface area (Å²) in [6, 6.07) is -8.10. The summed E-state index contributed by atoms with van der Waals surface area (Å²) in [5.41, 5.74) is 22.1. The highest BCUT2D eigenvalue weighted by Crippen LogP contribution is 2.21. The molecule has 398 valence electrons. The SMILES string of the molecule is CCCCCCCCCCC1NC(=O)C2CCCN2C(=O)C(CC(N)=O)NC(=O)C(CO)NC(=O)C(CCC(N)=O)NC(=O)C(CC(N)=O)NC(=O)C(Cc2ccc(O)cc2)NC(=O)C(CC(N)=O)NC1=O. The van der Waals surface area contributed by atoms with Gasteiger partial charge in [0.25, 0.3) is 0 Å². The van der Waals surface area contributed by atoms with E-state index in [4.69, 9.17) is 22.9 Å². The maximum absolute atomic E-state index is 14.2. The first-order chi connectivity index (χ1) is 34.1. The molecule has 0 aliphatic carbocycles. The number of hydrogen-bond acceptors (Lipinski definition) is 14. The lowest BCUT2D eigenvalue weighted by molar-refractivity contribution is -0.143. The minimum Gasteiger partial charge on any atom is -0.508 e. The molecule has 2 fully saturated rings. The minimum atomic E-state index is -1.91. The zero-order chi connectivity index (χ0) is 53.5. The first kappa shape index (κ1) is 58.9. The fourth-order valence-corrected chi connectivity index (χ4v) is 8.20. The number of aliphatic hydroxyl groups is 1. The van der Waals surface area contributed by atoms with Gasteiger partial charge in [0.15, 0.2) is 0 Å². The number of rotatable bonds is 21. The molecule has 2 aliphatic heterocycles. The lowest BCUT2D eigenvalue weighted by Gasteiger charge is -2.31. The summed E-state index contributed by atoms with van der Waals surface area (Å²) in [5, 5.41) is 36.8. The Morgan fingerprint density at radius 3 is 1.47 bits per heavy atom. The summed E-state index contributed by atoms with van der Waals surface area (Å²) in [6.45, 7) is 0.907. The smallest absolute Gasteiger partial charge is 0.246 e. The molecule has 0 aromatic heterocycles. The number of nitrogens with two attached hydrogens (primary N) is 4. The summed E-state index contributed by atoms with van der Waals surface area (Å²) in [7, 11) is 0. The van der Waals surface area contributed by atoms with E-state index < -0.39 is 158 Å². The molecule has 2 heterocycles. The van der Waals surface area contributed by atoms with Crippen LogP contribution in [-0.4, -0.2) is 147 Å². The van der Waals surface area contributed by atoms with E-state index in [2.05, 4.69) is 44.1 Å². The van der Waals surface area contributed by atoms with Crippen molar-refractivity contribution < 1.29 is 67.7 Å². The van der Waals surface area contributed by atoms with E-state index in [1.807, 2.05) is 0 Å². The number of nitrogens with one attached hydrogen (secondary N) is 7. The monoisotopic (exact) mass is 1010 g/mol. The number of primary amides is 4. The Morgan fingerprint density at radius 1 is 0.528 bits per heavy atom. The summed E-state index contributed by atoms with van der Waals surface area (Å²) < 4.78 is 0. The van der Waals surface area contributed by atoms with E-state index >= 15 is 0 Å². The Bertz CT molecular complexity index is 2120. The lowest BCUT2D eigenvalue weighted by atomic mass is 10.0. The van der Waals surface area contributed by atoms with Crippen LogP contribution in [0.25, 0.3) is 0 Å². The number of carbonyl (C=O) groups excluding carboxylic acids is 12. The summed E-state index contributed by atoms with van der Waals surface area (Å²) in [5.74, 6) is -13.1. The Kier molecular flexibility index (Phi) is 24.3. The van der Waals surface area contributed by atoms with Crippen molar-refractivity contribution in [3.05, 3.63) is 29.8 Å². The zero-order valence-electron chi connectivity index (χ0n) is 40.4. The lowest BCUT2D eigenvalue weighted by Crippen LogP contribution is -2.62. The number of fused-ring (bicyclic) bond motifs is 1. The van der Waals surface area contributed by atoms with Crippen molar-refractivity contribution in [2.24, 2.45) is 22.9 Å². The fourth-order valence-electron chi connectivity index (χ4n) is 8.20. The highest BCUT2D eigenvalue weighted by molar-refractivity contribution is 6.01. The van der Waals surface area contributed by atoms with Crippen LogP contribution in [0.3, 0.4) is 0 Å². The molecule has 0 bridgehead atoms. The van der Waals surface area contributed by atoms with Gasteiger partial charge in [0.1, 0.15) is 54.1 Å². The number of benzene rings is 1. The van der Waals surface area contributed by atoms with Gasteiger partial charge in [-0.15, -0.1) is 0 Å². The predicted molar refractivity (Wildman–Crippen MR) is 254 cm³/mol. The van der Waals surface area contributed by atoms with Crippen LogP contribution in [0.4, 0.5) is 0 Å². The van der Waals surface area contributed by atoms with Gasteiger partial charge < -0.3 is 75.3 Å². The van der Waals surface area contributed by atoms with Gasteiger partial charge >= 0.3 is 0 Å². The molecule has 26 nitrogen and oxygen atoms in total. The van der Waals surface area contributed by atoms with Crippen molar-refractivity contribution in [2.45, 2.75) is 164 Å². The van der Waals surface area contributed by atoms with E-state index in [0.29, 0.717) is 18.4 Å². The summed E-state index contributed by atoms with van der Waals surface area (Å²) in [6.07, 6.45) is 3.30. The maximum atomic E-state index is 14.2. The van der Waals surface area contributed by atoms with Gasteiger partial charge in [-0.3, -0.25) is 57.5 Å². The third-order valence-corrected chi connectivity index (χ3v) is 12.1. The molecule has 0 saturated carbocycles. The second-order valence-corrected chi connectivity index (χ2v) is 18.0. The van der Waals surface area contributed by atoms with Crippen LogP contribution in [0, 0.1) is 0 Å². The molecule has 12 amide bonds. The van der Waals surface area contributed by atoms with Crippen molar-refractivity contribution in [1.29, 1.82) is 0 Å². The largest absolute Gasteiger partial charge is 0.508 e. The molecule has 8 unspecified atom stereocenters. The van der Waals surface area contributed by atoms with Crippen LogP contribution in [0.15, 0.2) is 24.3 Å². The zero-order valence-corrected chi connectivity index (χ0v) is 40.4. The first-order valence-corrected chi connectivity index (χ1v) is 24.1. The Morgan fingerprint density at radius 2 is 0.944 bits per heavy atom. The molecule has 2 saturated heterocycles. The first-order valence-electron chi connectivity index (χ1n) is 24.1. The van der Waals surface area contributed by atoms with Crippen LogP contribution < -0.4 is 60.2 Å². The van der Waals surface area contributed by atoms with Crippen molar-refractivity contribution in [3.8, 4) is 5.75 Å². The number of phenolic OH excluding ortho intramolecular Hbond substituents is 1. The third kappa shape index (κ3) is 19.8. The van der Waals surface area contributed by atoms with Crippen LogP contribution >= 0.6 is 0 Å². The van der Waals surface area contributed by atoms with Crippen molar-refractivity contribution >= 4 is 70.9 Å². The van der Waals surface area contributed by atoms with E-state index in [1.165, 1.54) is 24.3 Å². The highest BCUT2D eigenvalue weighted by Gasteiger charge is 2.41. The van der Waals surface area contributed by atoms with Crippen LogP contribution in [0.5, 0.6) is 5.75 Å². The van der Waals surface area contributed by atoms with Crippen LogP contribution in [-0.2, 0) is 64.0 Å². The van der Waals surface area contributed by atoms with Crippen LogP contribution in [0.1, 0.15) is 115 Å². The number of phenols is 1. The van der Waals surface area contributed by atoms with E-state index in [0.717, 1.165) is 43.4 Å². The van der Waals surface area contributed by atoms with Crippen molar-refractivity contribution in [1.82, 2.24) is 42.1 Å². The average molecular weight is 1020 g/mol. The Balaban J connectivity index is 2.17. The second kappa shape index (κ2) is 29.7. The molecular formula is C46H70N12O14. The van der Waals surface area contributed by atoms with E-state index in [9.17, 15) is 67.7 Å². The summed E-state index contributed by atoms with van der Waals surface area (Å²) >= 11 is 0. The number of hydrogen-bond donors (Lipinski definition) is 13. The molecule has 72 heavy (non-hydrogen) atoms. The van der Waals surface area contributed by atoms with Gasteiger partial charge in [0, 0.05) is 19.4 Å². The highest BCUT2D eigenvalue weighted by atomic mass is 16.3. The predicted octanol–water partition coefficient (Wildman–Crippen LogP) is -4.25. The number of carbonyl (C=O) groups is 12. The minimum absolute atomic E-state index is 0.0192. The molecule has 1 aromatic carbocycles. The van der Waals surface area contributed by atoms with Gasteiger partial charge in [-0.05, 0) is 43.4 Å². The van der Waals surface area contributed by atoms with Gasteiger partial charge in [-0.1, -0.05) is 70.4 Å².